The van der Waals surface area contributed by atoms with Crippen LogP contribution in [0.2, 0.25) is 9.56 Å². The molecule has 72 valence electrons. The van der Waals surface area contributed by atoms with Crippen LogP contribution in [-0.4, -0.2) is 21.1 Å². The molecule has 0 saturated carbocycles. The van der Waals surface area contributed by atoms with Crippen molar-refractivity contribution in [2.75, 3.05) is 6.61 Å². The van der Waals surface area contributed by atoms with E-state index in [1.165, 1.54) is 12.8 Å². The summed E-state index contributed by atoms with van der Waals surface area (Å²) in [5, 5.41) is 0. The van der Waals surface area contributed by atoms with Gasteiger partial charge in [0.2, 0.25) is 0 Å². The van der Waals surface area contributed by atoms with E-state index >= 15 is 0 Å². The van der Waals surface area contributed by atoms with E-state index in [4.69, 9.17) is 3.79 Å². The molecule has 1 nitrogen and oxygen atoms in total. The molecule has 0 amide bonds. The zero-order valence-electron chi connectivity index (χ0n) is 9.26. The summed E-state index contributed by atoms with van der Waals surface area (Å²) in [5.74, 6) is 0. The third kappa shape index (κ3) is 5.19. The van der Waals surface area contributed by atoms with Crippen molar-refractivity contribution < 1.29 is 3.79 Å². The molecule has 2 heteroatoms. The van der Waals surface area contributed by atoms with Crippen LogP contribution >= 0.6 is 0 Å². The summed E-state index contributed by atoms with van der Waals surface area (Å²) in [6, 6.07) is 0. The lowest BCUT2D eigenvalue weighted by Gasteiger charge is -2.19. The highest BCUT2D eigenvalue weighted by molar-refractivity contribution is 6.54. The second-order valence-corrected chi connectivity index (χ2v) is 8.11. The first-order chi connectivity index (χ1) is 5.59. The lowest BCUT2D eigenvalue weighted by Crippen LogP contribution is -2.25. The van der Waals surface area contributed by atoms with E-state index in [9.17, 15) is 0 Å². The van der Waals surface area contributed by atoms with Gasteiger partial charge >= 0.3 is 14.5 Å². The Morgan fingerprint density at radius 1 is 1.08 bits per heavy atom. The van der Waals surface area contributed by atoms with E-state index in [0.717, 1.165) is 16.2 Å². The summed E-state index contributed by atoms with van der Waals surface area (Å²) in [4.78, 5) is 0. The van der Waals surface area contributed by atoms with Crippen molar-refractivity contribution in [2.45, 2.75) is 57.0 Å². The van der Waals surface area contributed by atoms with Gasteiger partial charge in [0.05, 0.1) is 0 Å². The number of rotatable bonds is 6. The first-order valence-electron chi connectivity index (χ1n) is 5.21. The maximum absolute atomic E-state index is 5.94. The van der Waals surface area contributed by atoms with Crippen LogP contribution in [0, 0.1) is 0 Å². The van der Waals surface area contributed by atoms with Gasteiger partial charge in [-0.2, -0.15) is 0 Å². The summed E-state index contributed by atoms with van der Waals surface area (Å²) in [7, 11) is 0. The maximum atomic E-state index is 5.94. The molecule has 0 N–H and O–H groups in total. The fraction of sp³-hybridized carbons (Fsp3) is 1.00. The van der Waals surface area contributed by atoms with Gasteiger partial charge in [-0.1, -0.05) is 50.6 Å². The summed E-state index contributed by atoms with van der Waals surface area (Å²) in [6.45, 7) is 12.4. The quantitative estimate of drug-likeness (QED) is 0.455. The van der Waals surface area contributed by atoms with Crippen LogP contribution in [-0.2, 0) is 3.79 Å². The molecule has 0 radical (unpaired) electrons. The Bertz CT molecular complexity index is 94.0. The van der Waals surface area contributed by atoms with Crippen LogP contribution in [0.3, 0.4) is 0 Å². The first kappa shape index (κ1) is 12.5. The standard InChI is InChI=1S/C4H9O.2C3H7.Al/c1-2-3-4-5;2*1-3-2;/h2-4H2,1H3;2*3H,1-2H3;/q-1;;;+1. The van der Waals surface area contributed by atoms with Crippen LogP contribution in [0.25, 0.3) is 0 Å². The maximum Gasteiger partial charge on any atom is 0.466 e. The lowest BCUT2D eigenvalue weighted by atomic mass is 10.4. The van der Waals surface area contributed by atoms with Gasteiger partial charge in [-0.25, -0.2) is 0 Å². The Morgan fingerprint density at radius 2 is 1.58 bits per heavy atom. The Balaban J connectivity index is 3.64. The monoisotopic (exact) mass is 186 g/mol. The van der Waals surface area contributed by atoms with Crippen LogP contribution in [0.4, 0.5) is 0 Å². The molecule has 0 saturated heterocycles. The van der Waals surface area contributed by atoms with E-state index in [0.29, 0.717) is 0 Å². The van der Waals surface area contributed by atoms with Gasteiger partial charge in [0.15, 0.2) is 0 Å². The molecule has 0 aromatic carbocycles. The lowest BCUT2D eigenvalue weighted by molar-refractivity contribution is 0.299. The van der Waals surface area contributed by atoms with Crippen molar-refractivity contribution in [1.82, 2.24) is 0 Å². The van der Waals surface area contributed by atoms with Gasteiger partial charge in [-0.3, -0.25) is 0 Å². The topological polar surface area (TPSA) is 9.23 Å². The van der Waals surface area contributed by atoms with Gasteiger partial charge in [-0.15, -0.1) is 0 Å². The van der Waals surface area contributed by atoms with E-state index in [1.54, 1.807) is 0 Å². The predicted molar refractivity (Wildman–Crippen MR) is 56.8 cm³/mol. The summed E-state index contributed by atoms with van der Waals surface area (Å²) >= 11 is -0.912. The normalized spacial score (nSPS) is 11.2. The summed E-state index contributed by atoms with van der Waals surface area (Å²) < 4.78 is 7.50. The molecular formula is C10H23AlO. The van der Waals surface area contributed by atoms with Crippen molar-refractivity contribution in [3.63, 3.8) is 0 Å². The average Bonchev–Trinajstić information content (AvgIpc) is 1.96. The summed E-state index contributed by atoms with van der Waals surface area (Å²) in [6.07, 6.45) is 2.47. The van der Waals surface area contributed by atoms with Crippen LogP contribution < -0.4 is 0 Å². The molecule has 0 rings (SSSR count). The van der Waals surface area contributed by atoms with Gasteiger partial charge in [0, 0.05) is 6.61 Å². The molecule has 0 atom stereocenters. The highest BCUT2D eigenvalue weighted by Gasteiger charge is 2.28. The number of unbranched alkanes of at least 4 members (excludes halogenated alkanes) is 1. The molecule has 0 aliphatic carbocycles. The van der Waals surface area contributed by atoms with E-state index < -0.39 is 14.5 Å². The van der Waals surface area contributed by atoms with Crippen molar-refractivity contribution in [3.8, 4) is 0 Å². The molecule has 0 unspecified atom stereocenters. The van der Waals surface area contributed by atoms with Crippen LogP contribution in [0.5, 0.6) is 0 Å². The largest absolute Gasteiger partial charge is 0.500 e. The Morgan fingerprint density at radius 3 is 1.92 bits per heavy atom. The highest BCUT2D eigenvalue weighted by Crippen LogP contribution is 2.20. The van der Waals surface area contributed by atoms with Gasteiger partial charge in [-0.05, 0) is 6.42 Å². The first-order valence-corrected chi connectivity index (χ1v) is 7.01. The Kier molecular flexibility index (Phi) is 7.24. The minimum atomic E-state index is -0.912. The average molecular weight is 186 g/mol. The zero-order chi connectivity index (χ0) is 9.56. The van der Waals surface area contributed by atoms with E-state index in [2.05, 4.69) is 34.6 Å². The van der Waals surface area contributed by atoms with Crippen LogP contribution in [0.15, 0.2) is 0 Å². The molecule has 0 spiro atoms. The zero-order valence-corrected chi connectivity index (χ0v) is 10.4. The molecule has 12 heavy (non-hydrogen) atoms. The molecule has 0 aromatic rings. The van der Waals surface area contributed by atoms with Crippen molar-refractivity contribution in [3.05, 3.63) is 0 Å². The minimum Gasteiger partial charge on any atom is -0.500 e. The number of hydrogen-bond donors (Lipinski definition) is 0. The van der Waals surface area contributed by atoms with Gasteiger partial charge < -0.3 is 3.79 Å². The molecule has 0 aliphatic heterocycles. The second kappa shape index (κ2) is 6.95. The van der Waals surface area contributed by atoms with Crippen molar-refractivity contribution >= 4 is 14.5 Å². The van der Waals surface area contributed by atoms with E-state index in [1.807, 2.05) is 0 Å². The third-order valence-electron chi connectivity index (χ3n) is 2.12. The second-order valence-electron chi connectivity index (χ2n) is 4.18. The van der Waals surface area contributed by atoms with Crippen molar-refractivity contribution in [1.29, 1.82) is 0 Å². The molecular weight excluding hydrogens is 163 g/mol. The Hall–Kier alpha value is 0.492. The smallest absolute Gasteiger partial charge is 0.466 e. The molecule has 0 heterocycles. The molecule has 0 aromatic heterocycles. The molecule has 0 bridgehead atoms. The summed E-state index contributed by atoms with van der Waals surface area (Å²) in [5.41, 5.74) is 0. The Labute approximate surface area is 82.2 Å². The predicted octanol–water partition coefficient (Wildman–Crippen LogP) is 3.61. The van der Waals surface area contributed by atoms with E-state index in [-0.39, 0.29) is 0 Å². The molecule has 0 fully saturated rings. The van der Waals surface area contributed by atoms with Crippen LogP contribution in [0.1, 0.15) is 47.5 Å². The number of hydrogen-bond acceptors (Lipinski definition) is 1. The fourth-order valence-electron chi connectivity index (χ4n) is 1.52. The SMILES string of the molecule is CCCC[O][Al]([CH](C)C)[CH](C)C. The highest BCUT2D eigenvalue weighted by atomic mass is 27.2. The fourth-order valence-corrected chi connectivity index (χ4v) is 4.27. The van der Waals surface area contributed by atoms with Gasteiger partial charge in [0.1, 0.15) is 0 Å². The molecule has 0 aliphatic rings. The minimum absolute atomic E-state index is 0.779. The third-order valence-corrected chi connectivity index (χ3v) is 5.37. The van der Waals surface area contributed by atoms with Gasteiger partial charge in [0.25, 0.3) is 0 Å². The van der Waals surface area contributed by atoms with Crippen molar-refractivity contribution in [2.24, 2.45) is 0 Å².